The van der Waals surface area contributed by atoms with Crippen LogP contribution in [0.15, 0.2) is 10.8 Å². The van der Waals surface area contributed by atoms with Crippen molar-refractivity contribution in [3.8, 4) is 0 Å². The molecule has 0 amide bonds. The molecular weight excluding hydrogens is 108 g/mol. The Hall–Kier alpha value is -0.900. The summed E-state index contributed by atoms with van der Waals surface area (Å²) in [6, 6.07) is 0. The summed E-state index contributed by atoms with van der Waals surface area (Å²) in [6.07, 6.45) is 1.27. The fourth-order valence-electron chi connectivity index (χ4n) is 0.382. The molecular formula is C4H6N2O2. The van der Waals surface area contributed by atoms with Crippen molar-refractivity contribution in [3.05, 3.63) is 12.3 Å². The fraction of sp³-hybridized carbons (Fsp3) is 0.500. The summed E-state index contributed by atoms with van der Waals surface area (Å²) in [6.45, 7) is 0.389. The highest BCUT2D eigenvalue weighted by atomic mass is 16.5. The average molecular weight is 114 g/mol. The van der Waals surface area contributed by atoms with E-state index in [9.17, 15) is 0 Å². The van der Waals surface area contributed by atoms with Gasteiger partial charge in [0.25, 0.3) is 0 Å². The third-order valence-corrected chi connectivity index (χ3v) is 0.673. The normalized spacial score (nSPS) is 9.62. The van der Waals surface area contributed by atoms with E-state index in [2.05, 4.69) is 14.9 Å². The Morgan fingerprint density at radius 3 is 3.25 bits per heavy atom. The van der Waals surface area contributed by atoms with Gasteiger partial charge in [-0.2, -0.15) is 0 Å². The quantitative estimate of drug-likeness (QED) is 0.551. The van der Waals surface area contributed by atoms with Gasteiger partial charge < -0.3 is 9.15 Å². The van der Waals surface area contributed by atoms with E-state index in [1.54, 1.807) is 7.11 Å². The van der Waals surface area contributed by atoms with Gasteiger partial charge in [-0.05, 0) is 0 Å². The van der Waals surface area contributed by atoms with Crippen LogP contribution in [0.25, 0.3) is 0 Å². The van der Waals surface area contributed by atoms with Crippen LogP contribution < -0.4 is 0 Å². The van der Waals surface area contributed by atoms with Crippen molar-refractivity contribution in [1.29, 1.82) is 0 Å². The largest absolute Gasteiger partial charge is 0.425 e. The summed E-state index contributed by atoms with van der Waals surface area (Å²) >= 11 is 0. The number of ether oxygens (including phenoxy) is 1. The Morgan fingerprint density at radius 2 is 2.75 bits per heavy atom. The van der Waals surface area contributed by atoms with Crippen LogP contribution in [-0.2, 0) is 11.3 Å². The predicted octanol–water partition coefficient (Wildman–Crippen LogP) is 0.216. The molecule has 1 aromatic heterocycles. The zero-order valence-electron chi connectivity index (χ0n) is 4.50. The third-order valence-electron chi connectivity index (χ3n) is 0.673. The van der Waals surface area contributed by atoms with E-state index in [0.717, 1.165) is 0 Å². The molecule has 1 aromatic rings. The molecule has 0 N–H and O–H groups in total. The van der Waals surface area contributed by atoms with E-state index >= 15 is 0 Å². The van der Waals surface area contributed by atoms with Gasteiger partial charge in [0.2, 0.25) is 12.3 Å². The molecule has 4 heteroatoms. The first kappa shape index (κ1) is 5.24. The summed E-state index contributed by atoms with van der Waals surface area (Å²) in [5.74, 6) is 0.507. The van der Waals surface area contributed by atoms with Crippen LogP contribution in [0, 0.1) is 0 Å². The molecule has 4 nitrogen and oxygen atoms in total. The van der Waals surface area contributed by atoms with Gasteiger partial charge in [0, 0.05) is 7.11 Å². The first-order chi connectivity index (χ1) is 3.93. The molecule has 44 valence electrons. The minimum absolute atomic E-state index is 0.389. The standard InChI is InChI=1S/C4H6N2O2/c1-7-2-4-6-5-3-8-4/h3H,2H2,1H3. The maximum absolute atomic E-state index is 4.73. The molecule has 0 atom stereocenters. The van der Waals surface area contributed by atoms with Gasteiger partial charge in [-0.25, -0.2) is 0 Å². The van der Waals surface area contributed by atoms with Gasteiger partial charge in [-0.1, -0.05) is 0 Å². The van der Waals surface area contributed by atoms with Crippen molar-refractivity contribution in [2.24, 2.45) is 0 Å². The minimum atomic E-state index is 0.389. The molecule has 0 unspecified atom stereocenters. The molecule has 1 rings (SSSR count). The smallest absolute Gasteiger partial charge is 0.241 e. The molecule has 0 spiro atoms. The maximum Gasteiger partial charge on any atom is 0.241 e. The van der Waals surface area contributed by atoms with Crippen LogP contribution in [-0.4, -0.2) is 17.3 Å². The molecule has 0 saturated carbocycles. The van der Waals surface area contributed by atoms with Gasteiger partial charge in [-0.3, -0.25) is 0 Å². The van der Waals surface area contributed by atoms with E-state index in [1.807, 2.05) is 0 Å². The zero-order valence-corrected chi connectivity index (χ0v) is 4.50. The number of aromatic nitrogens is 2. The lowest BCUT2D eigenvalue weighted by Gasteiger charge is -1.85. The fourth-order valence-corrected chi connectivity index (χ4v) is 0.382. The average Bonchev–Trinajstić information content (AvgIpc) is 2.19. The molecule has 0 fully saturated rings. The lowest BCUT2D eigenvalue weighted by molar-refractivity contribution is 0.159. The molecule has 8 heavy (non-hydrogen) atoms. The highest BCUT2D eigenvalue weighted by Gasteiger charge is 1.92. The molecule has 0 saturated heterocycles. The van der Waals surface area contributed by atoms with E-state index in [4.69, 9.17) is 4.42 Å². The SMILES string of the molecule is COCc1nnco1. The van der Waals surface area contributed by atoms with Crippen LogP contribution in [0.1, 0.15) is 5.89 Å². The molecule has 0 bridgehead atoms. The first-order valence-electron chi connectivity index (χ1n) is 2.17. The van der Waals surface area contributed by atoms with E-state index in [-0.39, 0.29) is 0 Å². The summed E-state index contributed by atoms with van der Waals surface area (Å²) in [5.41, 5.74) is 0. The second-order valence-corrected chi connectivity index (χ2v) is 1.27. The Morgan fingerprint density at radius 1 is 1.88 bits per heavy atom. The van der Waals surface area contributed by atoms with Gasteiger partial charge in [0.1, 0.15) is 6.61 Å². The molecule has 0 aliphatic carbocycles. The summed E-state index contributed by atoms with van der Waals surface area (Å²) in [5, 5.41) is 7.01. The van der Waals surface area contributed by atoms with E-state index in [0.29, 0.717) is 12.5 Å². The predicted molar refractivity (Wildman–Crippen MR) is 25.0 cm³/mol. The number of hydrogen-bond acceptors (Lipinski definition) is 4. The lowest BCUT2D eigenvalue weighted by atomic mass is 10.7. The summed E-state index contributed by atoms with van der Waals surface area (Å²) < 4.78 is 9.42. The maximum atomic E-state index is 4.73. The van der Waals surface area contributed by atoms with Crippen LogP contribution in [0.4, 0.5) is 0 Å². The Labute approximate surface area is 46.5 Å². The van der Waals surface area contributed by atoms with Crippen LogP contribution >= 0.6 is 0 Å². The zero-order chi connectivity index (χ0) is 5.82. The highest BCUT2D eigenvalue weighted by molar-refractivity contribution is 4.65. The van der Waals surface area contributed by atoms with Crippen LogP contribution in [0.2, 0.25) is 0 Å². The van der Waals surface area contributed by atoms with Crippen molar-refractivity contribution in [1.82, 2.24) is 10.2 Å². The Bertz CT molecular complexity index is 138. The van der Waals surface area contributed by atoms with Gasteiger partial charge in [0.15, 0.2) is 0 Å². The third kappa shape index (κ3) is 1.04. The summed E-state index contributed by atoms with van der Waals surface area (Å²) in [7, 11) is 1.57. The van der Waals surface area contributed by atoms with Crippen molar-refractivity contribution in [2.75, 3.05) is 7.11 Å². The van der Waals surface area contributed by atoms with Gasteiger partial charge in [-0.15, -0.1) is 10.2 Å². The monoisotopic (exact) mass is 114 g/mol. The number of rotatable bonds is 2. The molecule has 0 aliphatic rings. The topological polar surface area (TPSA) is 48.2 Å². The molecule has 0 aliphatic heterocycles. The number of hydrogen-bond donors (Lipinski definition) is 0. The highest BCUT2D eigenvalue weighted by Crippen LogP contribution is 1.90. The van der Waals surface area contributed by atoms with Crippen molar-refractivity contribution in [2.45, 2.75) is 6.61 Å². The molecule has 0 aromatic carbocycles. The summed E-state index contributed by atoms with van der Waals surface area (Å²) in [4.78, 5) is 0. The van der Waals surface area contributed by atoms with Crippen molar-refractivity contribution in [3.63, 3.8) is 0 Å². The van der Waals surface area contributed by atoms with Crippen molar-refractivity contribution >= 4 is 0 Å². The Kier molecular flexibility index (Phi) is 1.58. The van der Waals surface area contributed by atoms with E-state index < -0.39 is 0 Å². The van der Waals surface area contributed by atoms with Crippen LogP contribution in [0.3, 0.4) is 0 Å². The second-order valence-electron chi connectivity index (χ2n) is 1.27. The minimum Gasteiger partial charge on any atom is -0.425 e. The van der Waals surface area contributed by atoms with Crippen LogP contribution in [0.5, 0.6) is 0 Å². The lowest BCUT2D eigenvalue weighted by Crippen LogP contribution is -1.85. The van der Waals surface area contributed by atoms with Crippen molar-refractivity contribution < 1.29 is 9.15 Å². The molecule has 0 radical (unpaired) electrons. The number of nitrogens with zero attached hydrogens (tertiary/aromatic N) is 2. The number of methoxy groups -OCH3 is 1. The van der Waals surface area contributed by atoms with E-state index in [1.165, 1.54) is 6.39 Å². The first-order valence-corrected chi connectivity index (χ1v) is 2.17. The second kappa shape index (κ2) is 2.42. The van der Waals surface area contributed by atoms with Gasteiger partial charge >= 0.3 is 0 Å². The van der Waals surface area contributed by atoms with Gasteiger partial charge in [0.05, 0.1) is 0 Å². The Balaban J connectivity index is 2.50. The molecule has 1 heterocycles.